The Balaban J connectivity index is 1.27. The summed E-state index contributed by atoms with van der Waals surface area (Å²) >= 11 is 0. The molecular weight excluding hydrogens is 400 g/mol. The summed E-state index contributed by atoms with van der Waals surface area (Å²) in [6.07, 6.45) is 0. The Morgan fingerprint density at radius 1 is 0.625 bits per heavy atom. The van der Waals surface area contributed by atoms with Crippen LogP contribution in [-0.4, -0.2) is 5.97 Å². The third kappa shape index (κ3) is 5.91. The van der Waals surface area contributed by atoms with E-state index in [1.807, 2.05) is 54.6 Å². The SMILES string of the molecule is Cc1ccc(-c2ccc(OC(=O)c3ccc(COOCc4ccccc4)cc3)cc2)cc1. The van der Waals surface area contributed by atoms with Gasteiger partial charge < -0.3 is 4.74 Å². The summed E-state index contributed by atoms with van der Waals surface area (Å²) in [6.45, 7) is 2.74. The molecule has 0 fully saturated rings. The van der Waals surface area contributed by atoms with E-state index in [1.165, 1.54) is 5.56 Å². The van der Waals surface area contributed by atoms with E-state index >= 15 is 0 Å². The molecule has 0 radical (unpaired) electrons. The zero-order valence-corrected chi connectivity index (χ0v) is 17.9. The van der Waals surface area contributed by atoms with Crippen LogP contribution in [0.1, 0.15) is 27.0 Å². The monoisotopic (exact) mass is 424 g/mol. The van der Waals surface area contributed by atoms with Gasteiger partial charge in [0, 0.05) is 0 Å². The molecule has 4 aromatic rings. The van der Waals surface area contributed by atoms with Crippen LogP contribution in [0.2, 0.25) is 0 Å². The first-order valence-corrected chi connectivity index (χ1v) is 10.4. The number of carbonyl (C=O) groups is 1. The predicted molar refractivity (Wildman–Crippen MR) is 124 cm³/mol. The van der Waals surface area contributed by atoms with Crippen molar-refractivity contribution in [2.45, 2.75) is 20.1 Å². The number of ether oxygens (including phenoxy) is 1. The van der Waals surface area contributed by atoms with Crippen LogP contribution in [0.3, 0.4) is 0 Å². The number of hydrogen-bond donors (Lipinski definition) is 0. The molecule has 0 spiro atoms. The highest BCUT2D eigenvalue weighted by atomic mass is 17.2. The molecule has 4 heteroatoms. The average molecular weight is 424 g/mol. The van der Waals surface area contributed by atoms with Crippen molar-refractivity contribution in [1.82, 2.24) is 0 Å². The largest absolute Gasteiger partial charge is 0.423 e. The van der Waals surface area contributed by atoms with Gasteiger partial charge in [0.2, 0.25) is 0 Å². The molecule has 4 nitrogen and oxygen atoms in total. The molecule has 0 unspecified atom stereocenters. The molecule has 160 valence electrons. The lowest BCUT2D eigenvalue weighted by Gasteiger charge is -2.08. The number of rotatable bonds is 8. The number of carbonyl (C=O) groups excluding carboxylic acids is 1. The zero-order valence-electron chi connectivity index (χ0n) is 17.9. The second-order valence-electron chi connectivity index (χ2n) is 7.49. The first-order valence-electron chi connectivity index (χ1n) is 10.4. The van der Waals surface area contributed by atoms with Gasteiger partial charge in [-0.05, 0) is 53.4 Å². The van der Waals surface area contributed by atoms with Crippen LogP contribution < -0.4 is 4.74 Å². The Morgan fingerprint density at radius 2 is 1.16 bits per heavy atom. The van der Waals surface area contributed by atoms with Gasteiger partial charge in [-0.3, -0.25) is 0 Å². The molecule has 0 aliphatic heterocycles. The summed E-state index contributed by atoms with van der Waals surface area (Å²) in [7, 11) is 0. The standard InChI is InChI=1S/C28H24O4/c1-21-7-11-24(12-8-21)25-15-17-27(18-16-25)32-28(29)26-13-9-23(10-14-26)20-31-30-19-22-5-3-2-4-6-22/h2-18H,19-20H2,1H3. The molecule has 0 saturated carbocycles. The van der Waals surface area contributed by atoms with Crippen molar-refractivity contribution in [1.29, 1.82) is 0 Å². The normalized spacial score (nSPS) is 10.7. The summed E-state index contributed by atoms with van der Waals surface area (Å²) < 4.78 is 5.50. The second-order valence-corrected chi connectivity index (χ2v) is 7.49. The van der Waals surface area contributed by atoms with Gasteiger partial charge in [0.05, 0.1) is 5.56 Å². The van der Waals surface area contributed by atoms with E-state index in [9.17, 15) is 4.79 Å². The van der Waals surface area contributed by atoms with Crippen LogP contribution >= 0.6 is 0 Å². The summed E-state index contributed by atoms with van der Waals surface area (Å²) in [5, 5.41) is 0. The Bertz CT molecular complexity index is 1130. The molecular formula is C28H24O4. The Kier molecular flexibility index (Phi) is 7.08. The minimum Gasteiger partial charge on any atom is -0.423 e. The van der Waals surface area contributed by atoms with Gasteiger partial charge in [0.25, 0.3) is 0 Å². The highest BCUT2D eigenvalue weighted by Gasteiger charge is 2.09. The summed E-state index contributed by atoms with van der Waals surface area (Å²) in [5.74, 6) is 0.105. The third-order valence-electron chi connectivity index (χ3n) is 5.02. The highest BCUT2D eigenvalue weighted by Crippen LogP contribution is 2.23. The second kappa shape index (κ2) is 10.5. The molecule has 0 heterocycles. The van der Waals surface area contributed by atoms with Crippen molar-refractivity contribution in [3.63, 3.8) is 0 Å². The molecule has 32 heavy (non-hydrogen) atoms. The maximum Gasteiger partial charge on any atom is 0.343 e. The van der Waals surface area contributed by atoms with E-state index in [2.05, 4.69) is 31.2 Å². The van der Waals surface area contributed by atoms with E-state index in [0.29, 0.717) is 24.5 Å². The van der Waals surface area contributed by atoms with E-state index in [4.69, 9.17) is 14.5 Å². The summed E-state index contributed by atoms with van der Waals surface area (Å²) in [5.41, 5.74) is 5.83. The lowest BCUT2D eigenvalue weighted by molar-refractivity contribution is -0.313. The average Bonchev–Trinajstić information content (AvgIpc) is 2.84. The molecule has 0 atom stereocenters. The van der Waals surface area contributed by atoms with Gasteiger partial charge in [0.15, 0.2) is 0 Å². The van der Waals surface area contributed by atoms with E-state index in [-0.39, 0.29) is 0 Å². The van der Waals surface area contributed by atoms with Crippen LogP contribution in [0.25, 0.3) is 11.1 Å². The fourth-order valence-corrected chi connectivity index (χ4v) is 3.16. The van der Waals surface area contributed by atoms with Gasteiger partial charge in [-0.2, -0.15) is 0 Å². The maximum atomic E-state index is 12.5. The summed E-state index contributed by atoms with van der Waals surface area (Å²) in [4.78, 5) is 23.0. The molecule has 0 aliphatic carbocycles. The van der Waals surface area contributed by atoms with Gasteiger partial charge in [-0.1, -0.05) is 84.4 Å². The van der Waals surface area contributed by atoms with Crippen molar-refractivity contribution < 1.29 is 19.3 Å². The van der Waals surface area contributed by atoms with Gasteiger partial charge in [0.1, 0.15) is 19.0 Å². The number of aryl methyl sites for hydroxylation is 1. The zero-order chi connectivity index (χ0) is 22.2. The third-order valence-corrected chi connectivity index (χ3v) is 5.02. The van der Waals surface area contributed by atoms with Crippen molar-refractivity contribution in [2.24, 2.45) is 0 Å². The van der Waals surface area contributed by atoms with Gasteiger partial charge in [-0.25, -0.2) is 14.6 Å². The van der Waals surface area contributed by atoms with Crippen LogP contribution in [0.5, 0.6) is 5.75 Å². The molecule has 0 bridgehead atoms. The maximum absolute atomic E-state index is 12.5. The first-order chi connectivity index (χ1) is 15.7. The molecule has 0 amide bonds. The first kappa shape index (κ1) is 21.5. The van der Waals surface area contributed by atoms with E-state index in [0.717, 1.165) is 22.3 Å². The van der Waals surface area contributed by atoms with Crippen LogP contribution in [0, 0.1) is 6.92 Å². The van der Waals surface area contributed by atoms with E-state index in [1.54, 1.807) is 24.3 Å². The minimum atomic E-state index is -0.402. The molecule has 4 aromatic carbocycles. The number of esters is 1. The number of benzene rings is 4. The predicted octanol–water partition coefficient (Wildman–Crippen LogP) is 6.53. The topological polar surface area (TPSA) is 44.8 Å². The molecule has 4 rings (SSSR count). The molecule has 0 N–H and O–H groups in total. The molecule has 0 aliphatic rings. The quantitative estimate of drug-likeness (QED) is 0.106. The van der Waals surface area contributed by atoms with Crippen molar-refractivity contribution in [2.75, 3.05) is 0 Å². The highest BCUT2D eigenvalue weighted by molar-refractivity contribution is 5.91. The van der Waals surface area contributed by atoms with Crippen LogP contribution in [0.15, 0.2) is 103 Å². The smallest absolute Gasteiger partial charge is 0.343 e. The van der Waals surface area contributed by atoms with Gasteiger partial charge >= 0.3 is 5.97 Å². The van der Waals surface area contributed by atoms with E-state index < -0.39 is 5.97 Å². The summed E-state index contributed by atoms with van der Waals surface area (Å²) in [6, 6.07) is 32.7. The lowest BCUT2D eigenvalue weighted by Crippen LogP contribution is -2.08. The van der Waals surface area contributed by atoms with Crippen molar-refractivity contribution in [3.8, 4) is 16.9 Å². The number of hydrogen-bond acceptors (Lipinski definition) is 4. The molecule has 0 aromatic heterocycles. The minimum absolute atomic E-state index is 0.294. The Labute approximate surface area is 187 Å². The molecule has 0 saturated heterocycles. The fourth-order valence-electron chi connectivity index (χ4n) is 3.16. The van der Waals surface area contributed by atoms with Crippen molar-refractivity contribution in [3.05, 3.63) is 125 Å². The Hall–Kier alpha value is -3.73. The Morgan fingerprint density at radius 3 is 1.75 bits per heavy atom. The van der Waals surface area contributed by atoms with Gasteiger partial charge in [-0.15, -0.1) is 0 Å². The van der Waals surface area contributed by atoms with Crippen LogP contribution in [0.4, 0.5) is 0 Å². The lowest BCUT2D eigenvalue weighted by atomic mass is 10.0. The fraction of sp³-hybridized carbons (Fsp3) is 0.107. The van der Waals surface area contributed by atoms with Crippen LogP contribution in [-0.2, 0) is 23.0 Å². The van der Waals surface area contributed by atoms with Crippen molar-refractivity contribution >= 4 is 5.97 Å².